The first kappa shape index (κ1) is 15.5. The summed E-state index contributed by atoms with van der Waals surface area (Å²) in [5.74, 6) is 0. The van der Waals surface area contributed by atoms with Crippen molar-refractivity contribution in [2.75, 3.05) is 0 Å². The van der Waals surface area contributed by atoms with Gasteiger partial charge in [0, 0.05) is 22.6 Å². The van der Waals surface area contributed by atoms with E-state index in [1.54, 1.807) is 6.07 Å². The lowest BCUT2D eigenvalue weighted by atomic mass is 10.0. The molecule has 0 bridgehead atoms. The van der Waals surface area contributed by atoms with Gasteiger partial charge in [0.05, 0.1) is 0 Å². The van der Waals surface area contributed by atoms with E-state index >= 15 is 0 Å². The predicted octanol–water partition coefficient (Wildman–Crippen LogP) is 3.18. The monoisotopic (exact) mass is 308 g/mol. The Hall–Kier alpha value is -2.39. The van der Waals surface area contributed by atoms with Crippen LogP contribution in [-0.4, -0.2) is 0 Å². The normalized spacial score (nSPS) is 12.4. The molecule has 0 aliphatic rings. The molecule has 0 unspecified atom stereocenters. The number of aryl methyl sites for hydroxylation is 1. The maximum Gasteiger partial charge on any atom is 0.336 e. The summed E-state index contributed by atoms with van der Waals surface area (Å²) in [7, 11) is 0. The van der Waals surface area contributed by atoms with Crippen molar-refractivity contribution in [2.45, 2.75) is 32.9 Å². The van der Waals surface area contributed by atoms with Gasteiger partial charge in [-0.05, 0) is 25.0 Å². The zero-order valence-electron chi connectivity index (χ0n) is 13.6. The molecule has 0 aliphatic heterocycles. The van der Waals surface area contributed by atoms with Gasteiger partial charge in [0.25, 0.3) is 0 Å². The molecular weight excluding hydrogens is 286 g/mol. The molecule has 3 rings (SSSR count). The van der Waals surface area contributed by atoms with Gasteiger partial charge in [-0.2, -0.15) is 0 Å². The van der Waals surface area contributed by atoms with Crippen molar-refractivity contribution in [1.82, 2.24) is 0 Å². The molecule has 0 fully saturated rings. The fourth-order valence-electron chi connectivity index (χ4n) is 2.86. The molecule has 2 N–H and O–H groups in total. The van der Waals surface area contributed by atoms with Crippen LogP contribution in [-0.2, 0) is 13.0 Å². The first-order valence-corrected chi connectivity index (χ1v) is 8.11. The molecule has 1 aromatic heterocycles. The number of hydrogen-bond acceptors (Lipinski definition) is 2. The second kappa shape index (κ2) is 6.80. The lowest BCUT2D eigenvalue weighted by Crippen LogP contribution is -2.83. The molecule has 3 nitrogen and oxygen atoms in total. The van der Waals surface area contributed by atoms with Gasteiger partial charge in [-0.3, -0.25) is 0 Å². The summed E-state index contributed by atoms with van der Waals surface area (Å²) in [4.78, 5) is 11.8. The Labute approximate surface area is 136 Å². The van der Waals surface area contributed by atoms with Crippen molar-refractivity contribution >= 4 is 11.0 Å². The Balaban J connectivity index is 1.86. The van der Waals surface area contributed by atoms with E-state index in [0.717, 1.165) is 23.9 Å². The highest BCUT2D eigenvalue weighted by molar-refractivity contribution is 5.80. The van der Waals surface area contributed by atoms with Gasteiger partial charge in [-0.1, -0.05) is 49.4 Å². The minimum atomic E-state index is -0.276. The van der Waals surface area contributed by atoms with Gasteiger partial charge < -0.3 is 9.73 Å². The molecule has 0 saturated heterocycles. The average Bonchev–Trinajstić information content (AvgIpc) is 2.59. The Bertz CT molecular complexity index is 852. The average molecular weight is 308 g/mol. The third kappa shape index (κ3) is 3.51. The molecule has 0 radical (unpaired) electrons. The first-order valence-electron chi connectivity index (χ1n) is 8.11. The van der Waals surface area contributed by atoms with E-state index in [9.17, 15) is 4.79 Å². The third-order valence-electron chi connectivity index (χ3n) is 4.32. The summed E-state index contributed by atoms with van der Waals surface area (Å²) < 4.78 is 5.37. The summed E-state index contributed by atoms with van der Waals surface area (Å²) in [6.45, 7) is 5.03. The largest absolute Gasteiger partial charge is 0.423 e. The Morgan fingerprint density at radius 3 is 2.61 bits per heavy atom. The van der Waals surface area contributed by atoms with Crippen molar-refractivity contribution in [3.63, 3.8) is 0 Å². The van der Waals surface area contributed by atoms with Crippen LogP contribution in [0.25, 0.3) is 11.0 Å². The van der Waals surface area contributed by atoms with Crippen LogP contribution in [0.5, 0.6) is 0 Å². The van der Waals surface area contributed by atoms with Crippen LogP contribution < -0.4 is 10.9 Å². The van der Waals surface area contributed by atoms with Crippen molar-refractivity contribution in [3.05, 3.63) is 81.7 Å². The molecule has 0 aliphatic carbocycles. The zero-order valence-corrected chi connectivity index (χ0v) is 13.6. The predicted molar refractivity (Wildman–Crippen MR) is 92.3 cm³/mol. The van der Waals surface area contributed by atoms with Gasteiger partial charge in [0.1, 0.15) is 18.2 Å². The number of benzene rings is 2. The second-order valence-electron chi connectivity index (χ2n) is 5.91. The quantitative estimate of drug-likeness (QED) is 0.736. The molecular formula is C20H22NO2+. The molecule has 1 atom stereocenters. The van der Waals surface area contributed by atoms with Crippen LogP contribution >= 0.6 is 0 Å². The Morgan fingerprint density at radius 1 is 1.09 bits per heavy atom. The lowest BCUT2D eigenvalue weighted by molar-refractivity contribution is -0.707. The molecule has 0 spiro atoms. The SMILES string of the molecule is CCc1ccc2c(C[NH2+][C@@H](C)c3ccccc3)cc(=O)oc2c1. The number of fused-ring (bicyclic) bond motifs is 1. The summed E-state index contributed by atoms with van der Waals surface area (Å²) >= 11 is 0. The zero-order chi connectivity index (χ0) is 16.2. The van der Waals surface area contributed by atoms with Crippen LogP contribution in [0.4, 0.5) is 0 Å². The molecule has 118 valence electrons. The van der Waals surface area contributed by atoms with Crippen LogP contribution in [0.3, 0.4) is 0 Å². The maximum atomic E-state index is 11.8. The van der Waals surface area contributed by atoms with Gasteiger partial charge >= 0.3 is 5.63 Å². The minimum absolute atomic E-state index is 0.276. The fourth-order valence-corrected chi connectivity index (χ4v) is 2.86. The molecule has 23 heavy (non-hydrogen) atoms. The van der Waals surface area contributed by atoms with Crippen LogP contribution in [0.2, 0.25) is 0 Å². The molecule has 1 heterocycles. The first-order chi connectivity index (χ1) is 11.2. The topological polar surface area (TPSA) is 46.8 Å². The van der Waals surface area contributed by atoms with E-state index in [1.165, 1.54) is 11.1 Å². The van der Waals surface area contributed by atoms with Crippen molar-refractivity contribution in [2.24, 2.45) is 0 Å². The van der Waals surface area contributed by atoms with Gasteiger partial charge in [0.2, 0.25) is 0 Å². The standard InChI is InChI=1S/C20H21NO2/c1-3-15-9-10-18-17(12-20(22)23-19(18)11-15)13-21-14(2)16-7-5-4-6-8-16/h4-12,14,21H,3,13H2,1-2H3/p+1/t14-/m0/s1. The summed E-state index contributed by atoms with van der Waals surface area (Å²) in [5.41, 5.74) is 3.91. The number of rotatable bonds is 5. The molecule has 2 aromatic carbocycles. The van der Waals surface area contributed by atoms with E-state index < -0.39 is 0 Å². The van der Waals surface area contributed by atoms with E-state index in [0.29, 0.717) is 11.6 Å². The Morgan fingerprint density at radius 2 is 1.87 bits per heavy atom. The van der Waals surface area contributed by atoms with Gasteiger partial charge in [0.15, 0.2) is 0 Å². The molecule has 0 amide bonds. The van der Waals surface area contributed by atoms with Crippen molar-refractivity contribution in [3.8, 4) is 0 Å². The van der Waals surface area contributed by atoms with Crippen molar-refractivity contribution < 1.29 is 9.73 Å². The van der Waals surface area contributed by atoms with E-state index in [2.05, 4.69) is 55.6 Å². The van der Waals surface area contributed by atoms with Crippen molar-refractivity contribution in [1.29, 1.82) is 0 Å². The molecule has 0 saturated carbocycles. The minimum Gasteiger partial charge on any atom is -0.423 e. The van der Waals surface area contributed by atoms with Gasteiger partial charge in [-0.25, -0.2) is 4.79 Å². The fraction of sp³-hybridized carbons (Fsp3) is 0.250. The highest BCUT2D eigenvalue weighted by atomic mass is 16.4. The Kier molecular flexibility index (Phi) is 4.58. The molecule has 3 aromatic rings. The third-order valence-corrected chi connectivity index (χ3v) is 4.32. The van der Waals surface area contributed by atoms with E-state index in [4.69, 9.17) is 4.42 Å². The number of hydrogen-bond donors (Lipinski definition) is 1. The molecule has 3 heteroatoms. The van der Waals surface area contributed by atoms with E-state index in [-0.39, 0.29) is 5.63 Å². The highest BCUT2D eigenvalue weighted by Crippen LogP contribution is 2.18. The summed E-state index contributed by atoms with van der Waals surface area (Å²) in [6, 6.07) is 18.5. The smallest absolute Gasteiger partial charge is 0.336 e. The maximum absolute atomic E-state index is 11.8. The van der Waals surface area contributed by atoms with Crippen LogP contribution in [0.1, 0.15) is 36.6 Å². The number of nitrogens with two attached hydrogens (primary N) is 1. The van der Waals surface area contributed by atoms with Gasteiger partial charge in [-0.15, -0.1) is 0 Å². The highest BCUT2D eigenvalue weighted by Gasteiger charge is 2.11. The van der Waals surface area contributed by atoms with Crippen LogP contribution in [0.15, 0.2) is 63.8 Å². The van der Waals surface area contributed by atoms with E-state index in [1.807, 2.05) is 12.1 Å². The summed E-state index contributed by atoms with van der Waals surface area (Å²) in [5, 5.41) is 3.27. The summed E-state index contributed by atoms with van der Waals surface area (Å²) in [6.07, 6.45) is 0.932. The van der Waals surface area contributed by atoms with Crippen LogP contribution in [0, 0.1) is 0 Å². The lowest BCUT2D eigenvalue weighted by Gasteiger charge is -2.12. The second-order valence-corrected chi connectivity index (χ2v) is 5.91. The number of quaternary nitrogens is 1.